The van der Waals surface area contributed by atoms with Crippen molar-refractivity contribution < 1.29 is 4.79 Å². The second-order valence-electron chi connectivity index (χ2n) is 7.79. The van der Waals surface area contributed by atoms with Gasteiger partial charge in [0.2, 0.25) is 11.9 Å². The fraction of sp³-hybridized carbons (Fsp3) is 0.292. The Balaban J connectivity index is 1.44. The highest BCUT2D eigenvalue weighted by molar-refractivity contribution is 5.91. The Morgan fingerprint density at radius 1 is 1.13 bits per heavy atom. The predicted molar refractivity (Wildman–Crippen MR) is 121 cm³/mol. The molecular weight excluding hydrogens is 388 g/mol. The van der Waals surface area contributed by atoms with Crippen LogP contribution in [-0.2, 0) is 4.79 Å². The minimum atomic E-state index is 0.0199. The van der Waals surface area contributed by atoms with Crippen molar-refractivity contribution >= 4 is 23.7 Å². The van der Waals surface area contributed by atoms with Gasteiger partial charge in [-0.15, -0.1) is 0 Å². The maximum absolute atomic E-state index is 12.7. The first-order valence-corrected chi connectivity index (χ1v) is 10.5. The van der Waals surface area contributed by atoms with Crippen LogP contribution in [0.5, 0.6) is 0 Å². The summed E-state index contributed by atoms with van der Waals surface area (Å²) in [6.45, 7) is 5.31. The van der Waals surface area contributed by atoms with Crippen molar-refractivity contribution in [3.8, 4) is 0 Å². The van der Waals surface area contributed by atoms with E-state index in [0.29, 0.717) is 18.3 Å². The summed E-state index contributed by atoms with van der Waals surface area (Å²) in [6.07, 6.45) is 8.86. The monoisotopic (exact) mass is 414 g/mol. The molecule has 0 bridgehead atoms. The van der Waals surface area contributed by atoms with Gasteiger partial charge < -0.3 is 10.2 Å². The lowest BCUT2D eigenvalue weighted by Crippen LogP contribution is -2.38. The van der Waals surface area contributed by atoms with Gasteiger partial charge in [-0.1, -0.05) is 12.1 Å². The molecule has 0 radical (unpaired) electrons. The third kappa shape index (κ3) is 5.51. The average molecular weight is 415 g/mol. The van der Waals surface area contributed by atoms with Crippen molar-refractivity contribution in [1.29, 1.82) is 0 Å². The molecule has 158 valence electrons. The highest BCUT2D eigenvalue weighted by Crippen LogP contribution is 2.27. The Hall–Kier alpha value is -3.61. The average Bonchev–Trinajstić information content (AvgIpc) is 2.78. The molecule has 1 N–H and O–H groups in total. The van der Waals surface area contributed by atoms with Crippen molar-refractivity contribution in [3.05, 3.63) is 77.5 Å². The van der Waals surface area contributed by atoms with Gasteiger partial charge in [0, 0.05) is 54.6 Å². The van der Waals surface area contributed by atoms with Gasteiger partial charge >= 0.3 is 0 Å². The minimum Gasteiger partial charge on any atom is -0.338 e. The number of nitrogens with one attached hydrogen (secondary N) is 1. The predicted octanol–water partition coefficient (Wildman–Crippen LogP) is 4.05. The van der Waals surface area contributed by atoms with Crippen LogP contribution in [0.2, 0.25) is 0 Å². The fourth-order valence-corrected chi connectivity index (χ4v) is 3.81. The highest BCUT2D eigenvalue weighted by atomic mass is 16.2. The standard InChI is InChI=1S/C24H26N6O/c1-17-14-18(2)27-24(26-17)29-22-9-3-8-21(28-22)20-7-5-13-30(16-20)23(31)11-10-19-6-4-12-25-15-19/h3-4,6,8-12,14-15,20H,5,7,13,16H2,1-2H3,(H,26,27,28,29)/b11-10+. The van der Waals surface area contributed by atoms with Crippen LogP contribution in [0.15, 0.2) is 54.9 Å². The van der Waals surface area contributed by atoms with Crippen LogP contribution in [0.1, 0.15) is 41.4 Å². The number of rotatable bonds is 5. The lowest BCUT2D eigenvalue weighted by Gasteiger charge is -2.32. The lowest BCUT2D eigenvalue weighted by atomic mass is 9.94. The normalized spacial score (nSPS) is 16.5. The highest BCUT2D eigenvalue weighted by Gasteiger charge is 2.24. The zero-order valence-electron chi connectivity index (χ0n) is 17.8. The summed E-state index contributed by atoms with van der Waals surface area (Å²) < 4.78 is 0. The van der Waals surface area contributed by atoms with E-state index in [0.717, 1.165) is 42.0 Å². The topological polar surface area (TPSA) is 83.9 Å². The maximum Gasteiger partial charge on any atom is 0.246 e. The van der Waals surface area contributed by atoms with Gasteiger partial charge in [-0.2, -0.15) is 0 Å². The van der Waals surface area contributed by atoms with Crippen LogP contribution in [0, 0.1) is 13.8 Å². The zero-order valence-corrected chi connectivity index (χ0v) is 17.8. The summed E-state index contributed by atoms with van der Waals surface area (Å²) in [5, 5.41) is 3.21. The molecule has 4 heterocycles. The van der Waals surface area contributed by atoms with Crippen molar-refractivity contribution in [2.75, 3.05) is 18.4 Å². The molecule has 1 aliphatic rings. The van der Waals surface area contributed by atoms with Crippen LogP contribution in [0.4, 0.5) is 11.8 Å². The number of piperidine rings is 1. The summed E-state index contributed by atoms with van der Waals surface area (Å²) in [5.74, 6) is 1.48. The van der Waals surface area contributed by atoms with Crippen LogP contribution in [0.3, 0.4) is 0 Å². The van der Waals surface area contributed by atoms with Gasteiger partial charge in [-0.05, 0) is 62.6 Å². The summed E-state index contributed by atoms with van der Waals surface area (Å²) in [7, 11) is 0. The summed E-state index contributed by atoms with van der Waals surface area (Å²) in [4.78, 5) is 32.3. The minimum absolute atomic E-state index is 0.0199. The molecule has 1 amide bonds. The molecule has 1 aliphatic heterocycles. The molecular formula is C24H26N6O. The molecule has 4 rings (SSSR count). The van der Waals surface area contributed by atoms with Crippen molar-refractivity contribution in [1.82, 2.24) is 24.8 Å². The summed E-state index contributed by atoms with van der Waals surface area (Å²) >= 11 is 0. The van der Waals surface area contributed by atoms with Gasteiger partial charge in [0.25, 0.3) is 0 Å². The molecule has 7 heteroatoms. The van der Waals surface area contributed by atoms with Crippen molar-refractivity contribution in [2.45, 2.75) is 32.6 Å². The van der Waals surface area contributed by atoms with E-state index in [1.807, 2.05) is 61.2 Å². The molecule has 3 aromatic rings. The van der Waals surface area contributed by atoms with E-state index >= 15 is 0 Å². The number of pyridine rings is 2. The number of nitrogens with zero attached hydrogens (tertiary/aromatic N) is 5. The van der Waals surface area contributed by atoms with E-state index in [1.165, 1.54) is 0 Å². The van der Waals surface area contributed by atoms with Crippen LogP contribution >= 0.6 is 0 Å². The molecule has 0 aliphatic carbocycles. The summed E-state index contributed by atoms with van der Waals surface area (Å²) in [6, 6.07) is 11.6. The number of anilines is 2. The number of hydrogen-bond donors (Lipinski definition) is 1. The molecule has 0 saturated carbocycles. The lowest BCUT2D eigenvalue weighted by molar-refractivity contribution is -0.127. The maximum atomic E-state index is 12.7. The Kier molecular flexibility index (Phi) is 6.31. The number of hydrogen-bond acceptors (Lipinski definition) is 6. The molecule has 31 heavy (non-hydrogen) atoms. The smallest absolute Gasteiger partial charge is 0.246 e. The van der Waals surface area contributed by atoms with E-state index < -0.39 is 0 Å². The van der Waals surface area contributed by atoms with Gasteiger partial charge in [-0.25, -0.2) is 15.0 Å². The van der Waals surface area contributed by atoms with Crippen LogP contribution in [0.25, 0.3) is 6.08 Å². The fourth-order valence-electron chi connectivity index (χ4n) is 3.81. The molecule has 1 atom stereocenters. The Morgan fingerprint density at radius 2 is 1.97 bits per heavy atom. The van der Waals surface area contributed by atoms with Gasteiger partial charge in [0.15, 0.2) is 0 Å². The number of aromatic nitrogens is 4. The second kappa shape index (κ2) is 9.47. The van der Waals surface area contributed by atoms with Gasteiger partial charge in [-0.3, -0.25) is 9.78 Å². The number of carbonyl (C=O) groups is 1. The van der Waals surface area contributed by atoms with Gasteiger partial charge in [0.05, 0.1) is 0 Å². The van der Waals surface area contributed by atoms with E-state index in [4.69, 9.17) is 4.98 Å². The van der Waals surface area contributed by atoms with E-state index in [1.54, 1.807) is 18.5 Å². The van der Waals surface area contributed by atoms with Crippen LogP contribution < -0.4 is 5.32 Å². The SMILES string of the molecule is Cc1cc(C)nc(Nc2cccc(C3CCCN(C(=O)/C=C/c4cccnc4)C3)n2)n1. The number of aryl methyl sites for hydroxylation is 2. The second-order valence-corrected chi connectivity index (χ2v) is 7.79. The van der Waals surface area contributed by atoms with Crippen molar-refractivity contribution in [3.63, 3.8) is 0 Å². The third-order valence-electron chi connectivity index (χ3n) is 5.25. The largest absolute Gasteiger partial charge is 0.338 e. The Morgan fingerprint density at radius 3 is 2.74 bits per heavy atom. The van der Waals surface area contributed by atoms with E-state index in [9.17, 15) is 4.79 Å². The molecule has 7 nitrogen and oxygen atoms in total. The Bertz CT molecular complexity index is 1060. The van der Waals surface area contributed by atoms with Crippen LogP contribution in [-0.4, -0.2) is 43.8 Å². The molecule has 1 unspecified atom stereocenters. The van der Waals surface area contributed by atoms with E-state index in [2.05, 4.69) is 20.3 Å². The molecule has 0 spiro atoms. The first kappa shape index (κ1) is 20.7. The van der Waals surface area contributed by atoms with Crippen molar-refractivity contribution in [2.24, 2.45) is 0 Å². The quantitative estimate of drug-likeness (QED) is 0.634. The molecule has 0 aromatic carbocycles. The van der Waals surface area contributed by atoms with Gasteiger partial charge in [0.1, 0.15) is 5.82 Å². The number of carbonyl (C=O) groups excluding carboxylic acids is 1. The molecule has 1 fully saturated rings. The van der Waals surface area contributed by atoms with E-state index in [-0.39, 0.29) is 11.8 Å². The first-order valence-electron chi connectivity index (χ1n) is 10.5. The molecule has 1 saturated heterocycles. The number of amides is 1. The molecule has 3 aromatic heterocycles. The number of likely N-dealkylation sites (tertiary alicyclic amines) is 1. The third-order valence-corrected chi connectivity index (χ3v) is 5.25. The first-order chi connectivity index (χ1) is 15.1. The zero-order chi connectivity index (χ0) is 21.6. The summed E-state index contributed by atoms with van der Waals surface area (Å²) in [5.41, 5.74) is 3.71. The Labute approximate surface area is 182 Å².